The van der Waals surface area contributed by atoms with Crippen LogP contribution in [0.4, 0.5) is 0 Å². The quantitative estimate of drug-likeness (QED) is 0.406. The number of fused-ring (bicyclic) bond motifs is 2. The summed E-state index contributed by atoms with van der Waals surface area (Å²) in [5.41, 5.74) is 6.98. The van der Waals surface area contributed by atoms with E-state index in [0.717, 1.165) is 18.5 Å². The lowest BCUT2D eigenvalue weighted by Crippen LogP contribution is -2.48. The van der Waals surface area contributed by atoms with Gasteiger partial charge in [0, 0.05) is 25.4 Å². The van der Waals surface area contributed by atoms with Crippen molar-refractivity contribution in [1.82, 2.24) is 10.2 Å². The molecule has 26 heavy (non-hydrogen) atoms. The van der Waals surface area contributed by atoms with Gasteiger partial charge in [-0.1, -0.05) is 12.1 Å². The van der Waals surface area contributed by atoms with Crippen molar-refractivity contribution >= 4 is 17.5 Å². The fraction of sp³-hybridized carbons (Fsp3) is 0.632. The van der Waals surface area contributed by atoms with Gasteiger partial charge in [0.15, 0.2) is 0 Å². The molecule has 1 aromatic carbocycles. The van der Waals surface area contributed by atoms with E-state index in [-0.39, 0.29) is 23.2 Å². The minimum absolute atomic E-state index is 0.149. The van der Waals surface area contributed by atoms with Gasteiger partial charge < -0.3 is 20.9 Å². The number of hydrogen-bond donors (Lipinski definition) is 3. The lowest BCUT2D eigenvalue weighted by Gasteiger charge is -2.31. The Balaban J connectivity index is 1.37. The van der Waals surface area contributed by atoms with Crippen LogP contribution in [0.15, 0.2) is 18.2 Å². The van der Waals surface area contributed by atoms with Crippen molar-refractivity contribution in [2.24, 2.45) is 23.5 Å². The summed E-state index contributed by atoms with van der Waals surface area (Å²) in [6, 6.07) is 5.64. The number of carbonyl (C=O) groups excluding carboxylic acids is 1. The molecule has 0 aromatic heterocycles. The summed E-state index contributed by atoms with van der Waals surface area (Å²) < 4.78 is 5.61. The number of aliphatic hydroxyl groups is 1. The minimum Gasteiger partial charge on any atom is -0.492 e. The lowest BCUT2D eigenvalue weighted by molar-refractivity contribution is 0.0336. The van der Waals surface area contributed by atoms with E-state index in [1.807, 2.05) is 12.1 Å². The van der Waals surface area contributed by atoms with Crippen LogP contribution < -0.4 is 15.8 Å². The molecule has 1 amide bonds. The average molecular weight is 380 g/mol. The highest BCUT2D eigenvalue weighted by atomic mass is 35.5. The van der Waals surface area contributed by atoms with Crippen LogP contribution >= 0.6 is 11.6 Å². The molecule has 6 nitrogen and oxygen atoms in total. The van der Waals surface area contributed by atoms with Crippen LogP contribution in [-0.4, -0.2) is 52.9 Å². The fourth-order valence-electron chi connectivity index (χ4n) is 4.55. The van der Waals surface area contributed by atoms with E-state index >= 15 is 0 Å². The molecular weight excluding hydrogens is 354 g/mol. The fourth-order valence-corrected chi connectivity index (χ4v) is 5.05. The van der Waals surface area contributed by atoms with Gasteiger partial charge in [0.05, 0.1) is 29.4 Å². The van der Waals surface area contributed by atoms with Crippen LogP contribution in [0.3, 0.4) is 0 Å². The molecule has 5 unspecified atom stereocenters. The number of piperidine rings is 1. The molecule has 0 radical (unpaired) electrons. The molecule has 142 valence electrons. The molecule has 0 bridgehead atoms. The van der Waals surface area contributed by atoms with Gasteiger partial charge in [0.2, 0.25) is 0 Å². The molecule has 2 aliphatic heterocycles. The number of alkyl halides is 1. The van der Waals surface area contributed by atoms with Crippen LogP contribution in [-0.2, 0) is 6.42 Å². The molecule has 2 heterocycles. The number of para-hydroxylation sites is 1. The highest BCUT2D eigenvalue weighted by Gasteiger charge is 2.63. The number of hydrogen-bond acceptors (Lipinski definition) is 5. The first-order valence-electron chi connectivity index (χ1n) is 9.18. The Kier molecular flexibility index (Phi) is 4.42. The van der Waals surface area contributed by atoms with Gasteiger partial charge in [0.25, 0.3) is 5.91 Å². The summed E-state index contributed by atoms with van der Waals surface area (Å²) in [6.07, 6.45) is 0.403. The Morgan fingerprint density at radius 1 is 1.54 bits per heavy atom. The zero-order chi connectivity index (χ0) is 18.6. The SMILES string of the molecule is CC(C)(O)CN1CC2C(C(N)NC(=O)c3cccc4c3OCC4)C2C1Cl. The molecule has 4 rings (SSSR count). The van der Waals surface area contributed by atoms with Crippen LogP contribution in [0, 0.1) is 17.8 Å². The van der Waals surface area contributed by atoms with E-state index < -0.39 is 11.8 Å². The molecule has 2 fully saturated rings. The number of β-amino-alcohol motifs (C(OH)–C–C–N with tert-alkyl or cyclic N) is 1. The van der Waals surface area contributed by atoms with Gasteiger partial charge in [-0.15, -0.1) is 11.6 Å². The monoisotopic (exact) mass is 379 g/mol. The number of amides is 1. The minimum atomic E-state index is -0.774. The third-order valence-electron chi connectivity index (χ3n) is 5.67. The Labute approximate surface area is 158 Å². The van der Waals surface area contributed by atoms with Crippen LogP contribution in [0.2, 0.25) is 0 Å². The smallest absolute Gasteiger partial charge is 0.256 e. The topological polar surface area (TPSA) is 87.8 Å². The summed E-state index contributed by atoms with van der Waals surface area (Å²) in [7, 11) is 0. The van der Waals surface area contributed by atoms with Crippen LogP contribution in [0.5, 0.6) is 5.75 Å². The van der Waals surface area contributed by atoms with Gasteiger partial charge in [-0.05, 0) is 37.3 Å². The molecule has 1 saturated heterocycles. The third-order valence-corrected chi connectivity index (χ3v) is 6.23. The second-order valence-corrected chi connectivity index (χ2v) is 8.77. The average Bonchev–Trinajstić information content (AvgIpc) is 2.90. The number of ether oxygens (including phenoxy) is 1. The molecule has 3 aliphatic rings. The normalized spacial score (nSPS) is 31.1. The molecule has 0 spiro atoms. The van der Waals surface area contributed by atoms with E-state index in [1.165, 1.54) is 0 Å². The molecule has 4 N–H and O–H groups in total. The summed E-state index contributed by atoms with van der Waals surface area (Å²) in [5.74, 6) is 1.29. The molecule has 1 aromatic rings. The Bertz CT molecular complexity index is 720. The van der Waals surface area contributed by atoms with Gasteiger partial charge in [-0.2, -0.15) is 0 Å². The van der Waals surface area contributed by atoms with E-state index in [4.69, 9.17) is 22.1 Å². The molecule has 7 heteroatoms. The number of nitrogens with two attached hydrogens (primary N) is 1. The van der Waals surface area contributed by atoms with Crippen molar-refractivity contribution in [3.63, 3.8) is 0 Å². The van der Waals surface area contributed by atoms with E-state index in [0.29, 0.717) is 30.4 Å². The number of nitrogens with zero attached hydrogens (tertiary/aromatic N) is 1. The van der Waals surface area contributed by atoms with Crippen molar-refractivity contribution in [3.8, 4) is 5.75 Å². The van der Waals surface area contributed by atoms with Crippen molar-refractivity contribution < 1.29 is 14.6 Å². The molecule has 1 aliphatic carbocycles. The predicted octanol–water partition coefficient (Wildman–Crippen LogP) is 1.15. The van der Waals surface area contributed by atoms with Crippen molar-refractivity contribution in [1.29, 1.82) is 0 Å². The predicted molar refractivity (Wildman–Crippen MR) is 99.1 cm³/mol. The number of benzene rings is 1. The van der Waals surface area contributed by atoms with Crippen LogP contribution in [0.25, 0.3) is 0 Å². The van der Waals surface area contributed by atoms with E-state index in [9.17, 15) is 9.90 Å². The maximum Gasteiger partial charge on any atom is 0.256 e. The highest BCUT2D eigenvalue weighted by molar-refractivity contribution is 6.21. The van der Waals surface area contributed by atoms with Gasteiger partial charge in [-0.3, -0.25) is 9.69 Å². The van der Waals surface area contributed by atoms with Crippen molar-refractivity contribution in [2.45, 2.75) is 37.5 Å². The second-order valence-electron chi connectivity index (χ2n) is 8.32. The number of rotatable bonds is 5. The number of carbonyl (C=O) groups is 1. The summed E-state index contributed by atoms with van der Waals surface area (Å²) in [6.45, 7) is 5.52. The second kappa shape index (κ2) is 6.37. The maximum atomic E-state index is 12.7. The van der Waals surface area contributed by atoms with Gasteiger partial charge in [0.1, 0.15) is 5.75 Å². The Morgan fingerprint density at radius 3 is 2.96 bits per heavy atom. The summed E-state index contributed by atoms with van der Waals surface area (Å²) in [4.78, 5) is 14.7. The molecule has 5 atom stereocenters. The van der Waals surface area contributed by atoms with Crippen molar-refractivity contribution in [3.05, 3.63) is 29.3 Å². The number of nitrogens with one attached hydrogen (secondary N) is 1. The molecular formula is C19H26ClN3O3. The third kappa shape index (κ3) is 3.20. The first-order chi connectivity index (χ1) is 12.3. The zero-order valence-electron chi connectivity index (χ0n) is 15.1. The van der Waals surface area contributed by atoms with E-state index in [1.54, 1.807) is 19.9 Å². The highest BCUT2D eigenvalue weighted by Crippen LogP contribution is 2.57. The van der Waals surface area contributed by atoms with Crippen LogP contribution in [0.1, 0.15) is 29.8 Å². The van der Waals surface area contributed by atoms with Gasteiger partial charge >= 0.3 is 0 Å². The first kappa shape index (κ1) is 18.0. The van der Waals surface area contributed by atoms with Crippen molar-refractivity contribution in [2.75, 3.05) is 19.7 Å². The Morgan fingerprint density at radius 2 is 2.31 bits per heavy atom. The maximum absolute atomic E-state index is 12.7. The zero-order valence-corrected chi connectivity index (χ0v) is 15.9. The van der Waals surface area contributed by atoms with Gasteiger partial charge in [-0.25, -0.2) is 0 Å². The standard InChI is InChI=1S/C19H26ClN3O3/c1-19(2,25)9-23-8-12-13(16(23)20)14(12)17(21)22-18(24)11-5-3-4-10-6-7-26-15(10)11/h3-5,12-14,16-17,25H,6-9,21H2,1-2H3,(H,22,24). The summed E-state index contributed by atoms with van der Waals surface area (Å²) >= 11 is 6.57. The Hall–Kier alpha value is -1.34. The number of likely N-dealkylation sites (tertiary alicyclic amines) is 1. The van der Waals surface area contributed by atoms with E-state index in [2.05, 4.69) is 10.2 Å². The lowest BCUT2D eigenvalue weighted by atomic mass is 10.1. The molecule has 1 saturated carbocycles. The largest absolute Gasteiger partial charge is 0.492 e. The number of halogens is 1. The summed E-state index contributed by atoms with van der Waals surface area (Å²) in [5, 5.41) is 12.9. The first-order valence-corrected chi connectivity index (χ1v) is 9.61.